The lowest BCUT2D eigenvalue weighted by Gasteiger charge is -2.16. The van der Waals surface area contributed by atoms with E-state index >= 15 is 0 Å². The summed E-state index contributed by atoms with van der Waals surface area (Å²) in [4.78, 5) is 44.2. The van der Waals surface area contributed by atoms with E-state index in [0.717, 1.165) is 30.0 Å². The molecule has 0 fully saturated rings. The molecule has 2 N–H and O–H groups in total. The van der Waals surface area contributed by atoms with Crippen LogP contribution in [-0.4, -0.2) is 44.7 Å². The van der Waals surface area contributed by atoms with Gasteiger partial charge in [0.15, 0.2) is 5.78 Å². The van der Waals surface area contributed by atoms with E-state index in [1.54, 1.807) is 0 Å². The molecule has 1 aliphatic heterocycles. The minimum absolute atomic E-state index is 0.0118. The third-order valence-corrected chi connectivity index (χ3v) is 6.30. The number of benzene rings is 2. The number of halogens is 3. The molecule has 2 aromatic carbocycles. The first-order valence-electron chi connectivity index (χ1n) is 8.67. The zero-order valence-electron chi connectivity index (χ0n) is 15.7. The largest absolute Gasteiger partial charge is 0.481 e. The van der Waals surface area contributed by atoms with Crippen molar-refractivity contribution >= 4 is 58.1 Å². The van der Waals surface area contributed by atoms with Gasteiger partial charge < -0.3 is 10.2 Å². The minimum Gasteiger partial charge on any atom is -0.481 e. The Morgan fingerprint density at radius 1 is 1.10 bits per heavy atom. The summed E-state index contributed by atoms with van der Waals surface area (Å²) in [5.41, 5.74) is 0.209. The molecule has 1 heterocycles. The average molecular weight is 489 g/mol. The fourth-order valence-electron chi connectivity index (χ4n) is 2.53. The highest BCUT2D eigenvalue weighted by Crippen LogP contribution is 2.35. The Hall–Kier alpha value is -2.43. The summed E-state index contributed by atoms with van der Waals surface area (Å²) in [6.45, 7) is 0. The zero-order chi connectivity index (χ0) is 23.1. The summed E-state index contributed by atoms with van der Waals surface area (Å²) in [7, 11) is 0. The first-order valence-corrected chi connectivity index (χ1v) is 11.0. The molecule has 3 rings (SSSR count). The molecule has 164 valence electrons. The molecule has 6 nitrogen and oxygen atoms in total. The van der Waals surface area contributed by atoms with Gasteiger partial charge in [0.05, 0.1) is 17.5 Å². The summed E-state index contributed by atoms with van der Waals surface area (Å²) in [6, 6.07) is 5.74. The Morgan fingerprint density at radius 3 is 2.39 bits per heavy atom. The maximum atomic E-state index is 13.4. The second kappa shape index (κ2) is 11.3. The molecule has 0 aliphatic carbocycles. The smallest absolute Gasteiger partial charge is 0.336 e. The number of carboxylic acids is 2. The van der Waals surface area contributed by atoms with Crippen LogP contribution in [-0.2, 0) is 4.79 Å². The number of ketones is 1. The molecule has 0 bridgehead atoms. The van der Waals surface area contributed by atoms with Gasteiger partial charge in [-0.15, -0.1) is 23.5 Å². The summed E-state index contributed by atoms with van der Waals surface area (Å²) < 4.78 is 26.3. The van der Waals surface area contributed by atoms with Crippen molar-refractivity contribution in [3.8, 4) is 0 Å². The van der Waals surface area contributed by atoms with Crippen LogP contribution in [0.25, 0.3) is 0 Å². The standard InChI is InChI=1S/C10H6ClFO2S.C10H9FO4S/c11-10(14)5-1-2-6(12)8-7(13)3-4-15-9(5)8;11-6-1-2-7(10(14)15)8(5-6)16-4-3-9(12)13/h1-2H,3-4H2;1-2,5H,3-4H2,(H,12,13)(H,14,15). The van der Waals surface area contributed by atoms with Crippen molar-refractivity contribution in [1.29, 1.82) is 0 Å². The number of rotatable bonds is 6. The van der Waals surface area contributed by atoms with E-state index in [0.29, 0.717) is 17.1 Å². The number of thioether (sulfide) groups is 2. The van der Waals surface area contributed by atoms with Crippen LogP contribution >= 0.6 is 35.1 Å². The van der Waals surface area contributed by atoms with E-state index in [-0.39, 0.29) is 39.5 Å². The van der Waals surface area contributed by atoms with Crippen LogP contribution in [0, 0.1) is 11.6 Å². The second-order valence-electron chi connectivity index (χ2n) is 6.03. The molecule has 31 heavy (non-hydrogen) atoms. The highest BCUT2D eigenvalue weighted by atomic mass is 35.5. The molecular weight excluding hydrogens is 474 g/mol. The van der Waals surface area contributed by atoms with Gasteiger partial charge in [-0.1, -0.05) is 0 Å². The molecule has 11 heteroatoms. The van der Waals surface area contributed by atoms with Gasteiger partial charge in [0, 0.05) is 33.3 Å². The van der Waals surface area contributed by atoms with Crippen LogP contribution < -0.4 is 0 Å². The van der Waals surface area contributed by atoms with Gasteiger partial charge in [0.25, 0.3) is 5.24 Å². The van der Waals surface area contributed by atoms with Crippen LogP contribution in [0.15, 0.2) is 40.1 Å². The van der Waals surface area contributed by atoms with Crippen LogP contribution in [0.2, 0.25) is 0 Å². The number of Topliss-reactive ketones (excluding diaryl/α,β-unsaturated/α-hetero) is 1. The molecular formula is C20H15ClF2O6S2. The van der Waals surface area contributed by atoms with Crippen molar-refractivity contribution in [2.24, 2.45) is 0 Å². The molecule has 0 amide bonds. The van der Waals surface area contributed by atoms with E-state index in [1.807, 2.05) is 0 Å². The van der Waals surface area contributed by atoms with Crippen LogP contribution in [0.3, 0.4) is 0 Å². The number of carbonyl (C=O) groups is 4. The molecule has 0 radical (unpaired) electrons. The maximum Gasteiger partial charge on any atom is 0.336 e. The average Bonchev–Trinajstić information content (AvgIpc) is 2.68. The molecule has 1 aliphatic rings. The minimum atomic E-state index is -1.15. The Balaban J connectivity index is 0.000000220. The van der Waals surface area contributed by atoms with Crippen molar-refractivity contribution < 1.29 is 38.2 Å². The quantitative estimate of drug-likeness (QED) is 0.433. The summed E-state index contributed by atoms with van der Waals surface area (Å²) in [5.74, 6) is -2.74. The van der Waals surface area contributed by atoms with Gasteiger partial charge in [-0.05, 0) is 41.9 Å². The van der Waals surface area contributed by atoms with E-state index < -0.39 is 28.8 Å². The molecule has 0 spiro atoms. The second-order valence-corrected chi connectivity index (χ2v) is 8.62. The number of aromatic carboxylic acids is 1. The highest BCUT2D eigenvalue weighted by molar-refractivity contribution is 7.99. The predicted molar refractivity (Wildman–Crippen MR) is 113 cm³/mol. The Morgan fingerprint density at radius 2 is 1.77 bits per heavy atom. The fraction of sp³-hybridized carbons (Fsp3) is 0.200. The van der Waals surface area contributed by atoms with Gasteiger partial charge >= 0.3 is 11.9 Å². The first kappa shape index (κ1) is 24.8. The zero-order valence-corrected chi connectivity index (χ0v) is 18.1. The van der Waals surface area contributed by atoms with Gasteiger partial charge in [-0.25, -0.2) is 13.6 Å². The third-order valence-electron chi connectivity index (χ3n) is 3.92. The SMILES string of the molecule is O=C(Cl)c1ccc(F)c2c1SCCC2=O.O=C(O)CCSc1cc(F)ccc1C(=O)O. The van der Waals surface area contributed by atoms with Gasteiger partial charge in [-0.3, -0.25) is 14.4 Å². The van der Waals surface area contributed by atoms with E-state index in [2.05, 4.69) is 0 Å². The number of hydrogen-bond donors (Lipinski definition) is 2. The summed E-state index contributed by atoms with van der Waals surface area (Å²) in [6.07, 6.45) is 0.203. The van der Waals surface area contributed by atoms with Crippen molar-refractivity contribution in [2.75, 3.05) is 11.5 Å². The normalized spacial score (nSPS) is 12.4. The number of aliphatic carboxylic acids is 1. The number of carbonyl (C=O) groups excluding carboxylic acids is 2. The molecule has 0 atom stereocenters. The predicted octanol–water partition coefficient (Wildman–Crippen LogP) is 4.97. The topological polar surface area (TPSA) is 109 Å². The molecule has 2 aromatic rings. The molecule has 0 aromatic heterocycles. The van der Waals surface area contributed by atoms with Crippen molar-refractivity contribution in [2.45, 2.75) is 22.6 Å². The number of fused-ring (bicyclic) bond motifs is 1. The monoisotopic (exact) mass is 488 g/mol. The van der Waals surface area contributed by atoms with Gasteiger partial charge in [-0.2, -0.15) is 0 Å². The molecule has 0 saturated heterocycles. The molecule has 0 unspecified atom stereocenters. The number of carboxylic acid groups (broad SMARTS) is 2. The van der Waals surface area contributed by atoms with Crippen molar-refractivity contribution in [3.05, 3.63) is 58.7 Å². The lowest BCUT2D eigenvalue weighted by molar-refractivity contribution is -0.136. The van der Waals surface area contributed by atoms with Crippen molar-refractivity contribution in [1.82, 2.24) is 0 Å². The Bertz CT molecular complexity index is 1040. The fourth-order valence-corrected chi connectivity index (χ4v) is 4.91. The maximum absolute atomic E-state index is 13.4. The third kappa shape index (κ3) is 6.78. The van der Waals surface area contributed by atoms with E-state index in [9.17, 15) is 28.0 Å². The molecule has 0 saturated carbocycles. The van der Waals surface area contributed by atoms with Gasteiger partial charge in [0.1, 0.15) is 11.6 Å². The van der Waals surface area contributed by atoms with Crippen LogP contribution in [0.4, 0.5) is 8.78 Å². The Labute approximate surface area is 189 Å². The van der Waals surface area contributed by atoms with E-state index in [1.165, 1.54) is 23.9 Å². The lowest BCUT2D eigenvalue weighted by Crippen LogP contribution is -2.13. The van der Waals surface area contributed by atoms with Gasteiger partial charge in [0.2, 0.25) is 0 Å². The summed E-state index contributed by atoms with van der Waals surface area (Å²) >= 11 is 7.67. The first-order chi connectivity index (χ1) is 14.6. The van der Waals surface area contributed by atoms with Crippen LogP contribution in [0.5, 0.6) is 0 Å². The van der Waals surface area contributed by atoms with E-state index in [4.69, 9.17) is 21.8 Å². The lowest BCUT2D eigenvalue weighted by atomic mass is 10.0. The van der Waals surface area contributed by atoms with Crippen LogP contribution in [0.1, 0.15) is 43.9 Å². The number of hydrogen-bond acceptors (Lipinski definition) is 6. The summed E-state index contributed by atoms with van der Waals surface area (Å²) in [5, 5.41) is 16.6. The highest BCUT2D eigenvalue weighted by Gasteiger charge is 2.26. The van der Waals surface area contributed by atoms with Crippen molar-refractivity contribution in [3.63, 3.8) is 0 Å². The Kier molecular flexibility index (Phi) is 9.02.